The van der Waals surface area contributed by atoms with E-state index in [-0.39, 0.29) is 5.91 Å². The monoisotopic (exact) mass is 284 g/mol. The first kappa shape index (κ1) is 14.2. The highest BCUT2D eigenvalue weighted by Gasteiger charge is 2.04. The van der Waals surface area contributed by atoms with Crippen molar-refractivity contribution in [2.45, 2.75) is 13.3 Å². The van der Waals surface area contributed by atoms with Crippen molar-refractivity contribution < 1.29 is 4.79 Å². The molecule has 0 bridgehead atoms. The van der Waals surface area contributed by atoms with E-state index in [0.29, 0.717) is 11.4 Å². The van der Waals surface area contributed by atoms with Crippen molar-refractivity contribution in [2.75, 3.05) is 5.32 Å². The van der Waals surface area contributed by atoms with Crippen LogP contribution in [0.25, 0.3) is 0 Å². The number of thiocarbonyl (C=S) groups is 1. The van der Waals surface area contributed by atoms with Gasteiger partial charge in [0.2, 0.25) is 5.91 Å². The second kappa shape index (κ2) is 6.30. The normalized spacial score (nSPS) is 10.1. The van der Waals surface area contributed by atoms with E-state index in [1.807, 2.05) is 31.2 Å². The third kappa shape index (κ3) is 3.90. The summed E-state index contributed by atoms with van der Waals surface area (Å²) in [4.78, 5) is 12.3. The third-order valence-corrected chi connectivity index (χ3v) is 3.17. The number of benzene rings is 2. The predicted molar refractivity (Wildman–Crippen MR) is 85.8 cm³/mol. The zero-order chi connectivity index (χ0) is 14.5. The number of amides is 1. The quantitative estimate of drug-likeness (QED) is 0.849. The van der Waals surface area contributed by atoms with Crippen LogP contribution in [0.5, 0.6) is 0 Å². The number of nitrogens with one attached hydrogen (secondary N) is 1. The number of aryl methyl sites for hydroxylation is 1. The Kier molecular flexibility index (Phi) is 4.48. The number of hydrogen-bond donors (Lipinski definition) is 2. The van der Waals surface area contributed by atoms with Crippen molar-refractivity contribution in [2.24, 2.45) is 5.73 Å². The van der Waals surface area contributed by atoms with Gasteiger partial charge in [-0.25, -0.2) is 0 Å². The summed E-state index contributed by atoms with van der Waals surface area (Å²) in [6.07, 6.45) is 0.358. The van der Waals surface area contributed by atoms with E-state index in [9.17, 15) is 4.79 Å². The summed E-state index contributed by atoms with van der Waals surface area (Å²) in [6, 6.07) is 15.1. The van der Waals surface area contributed by atoms with Gasteiger partial charge in [0.25, 0.3) is 0 Å². The van der Waals surface area contributed by atoms with Crippen LogP contribution in [0.4, 0.5) is 5.69 Å². The Morgan fingerprint density at radius 1 is 1.10 bits per heavy atom. The van der Waals surface area contributed by atoms with Crippen molar-refractivity contribution in [3.05, 3.63) is 65.2 Å². The van der Waals surface area contributed by atoms with Gasteiger partial charge in [-0.2, -0.15) is 0 Å². The molecule has 0 atom stereocenters. The van der Waals surface area contributed by atoms with Crippen LogP contribution in [0.2, 0.25) is 0 Å². The summed E-state index contributed by atoms with van der Waals surface area (Å²) in [5, 5.41) is 2.85. The fraction of sp³-hybridized carbons (Fsp3) is 0.125. The average molecular weight is 284 g/mol. The molecule has 4 heteroatoms. The second-order valence-electron chi connectivity index (χ2n) is 4.65. The minimum absolute atomic E-state index is 0.0445. The zero-order valence-electron chi connectivity index (χ0n) is 11.2. The lowest BCUT2D eigenvalue weighted by molar-refractivity contribution is -0.115. The van der Waals surface area contributed by atoms with E-state index in [1.165, 1.54) is 5.56 Å². The molecule has 3 N–H and O–H groups in total. The van der Waals surface area contributed by atoms with Gasteiger partial charge >= 0.3 is 0 Å². The molecule has 3 nitrogen and oxygen atoms in total. The summed E-state index contributed by atoms with van der Waals surface area (Å²) in [6.45, 7) is 2.02. The summed E-state index contributed by atoms with van der Waals surface area (Å²) < 4.78 is 0. The van der Waals surface area contributed by atoms with Crippen molar-refractivity contribution in [1.29, 1.82) is 0 Å². The van der Waals surface area contributed by atoms with Gasteiger partial charge in [0.05, 0.1) is 6.42 Å². The van der Waals surface area contributed by atoms with E-state index in [1.54, 1.807) is 24.3 Å². The Bertz CT molecular complexity index is 618. The summed E-state index contributed by atoms with van der Waals surface area (Å²) in [5.41, 5.74) is 9.23. The molecule has 0 saturated carbocycles. The molecule has 0 spiro atoms. The van der Waals surface area contributed by atoms with Crippen LogP contribution in [0.1, 0.15) is 16.7 Å². The van der Waals surface area contributed by atoms with Crippen LogP contribution in [0.3, 0.4) is 0 Å². The fourth-order valence-corrected chi connectivity index (χ4v) is 1.95. The number of carbonyl (C=O) groups is 1. The Hall–Kier alpha value is -2.20. The Morgan fingerprint density at radius 3 is 2.25 bits per heavy atom. The van der Waals surface area contributed by atoms with Crippen molar-refractivity contribution in [3.8, 4) is 0 Å². The fourth-order valence-electron chi connectivity index (χ4n) is 1.81. The summed E-state index contributed by atoms with van der Waals surface area (Å²) >= 11 is 4.88. The van der Waals surface area contributed by atoms with Gasteiger partial charge in [-0.05, 0) is 36.8 Å². The van der Waals surface area contributed by atoms with Gasteiger partial charge in [-0.1, -0.05) is 42.0 Å². The molecule has 102 valence electrons. The number of rotatable bonds is 4. The minimum Gasteiger partial charge on any atom is -0.389 e. The second-order valence-corrected chi connectivity index (χ2v) is 5.09. The molecule has 0 aromatic heterocycles. The Labute approximate surface area is 123 Å². The average Bonchev–Trinajstić information content (AvgIpc) is 2.42. The molecule has 1 amide bonds. The highest BCUT2D eigenvalue weighted by Crippen LogP contribution is 2.11. The van der Waals surface area contributed by atoms with Crippen molar-refractivity contribution in [1.82, 2.24) is 0 Å². The van der Waals surface area contributed by atoms with E-state index >= 15 is 0 Å². The van der Waals surface area contributed by atoms with Crippen LogP contribution in [0, 0.1) is 6.92 Å². The highest BCUT2D eigenvalue weighted by atomic mass is 32.1. The largest absolute Gasteiger partial charge is 0.389 e. The highest BCUT2D eigenvalue weighted by molar-refractivity contribution is 7.80. The maximum atomic E-state index is 11.9. The summed E-state index contributed by atoms with van der Waals surface area (Å²) in [5.74, 6) is -0.0445. The van der Waals surface area contributed by atoms with E-state index < -0.39 is 0 Å². The molecule has 0 fully saturated rings. The van der Waals surface area contributed by atoms with Crippen molar-refractivity contribution in [3.63, 3.8) is 0 Å². The standard InChI is InChI=1S/C16H16N2OS/c1-11-2-4-12(5-3-11)10-15(19)18-14-8-6-13(7-9-14)16(17)20/h2-9H,10H2,1H3,(H2,17,20)(H,18,19). The van der Waals surface area contributed by atoms with E-state index in [2.05, 4.69) is 5.32 Å². The Balaban J connectivity index is 1.97. The molecule has 0 radical (unpaired) electrons. The number of carbonyl (C=O) groups excluding carboxylic acids is 1. The van der Waals surface area contributed by atoms with Gasteiger partial charge in [0.1, 0.15) is 4.99 Å². The van der Waals surface area contributed by atoms with Crippen LogP contribution in [0.15, 0.2) is 48.5 Å². The predicted octanol–water partition coefficient (Wildman–Crippen LogP) is 2.81. The molecule has 0 saturated heterocycles. The topological polar surface area (TPSA) is 55.1 Å². The lowest BCUT2D eigenvalue weighted by Crippen LogP contribution is -2.15. The molecule has 0 aliphatic carbocycles. The van der Waals surface area contributed by atoms with E-state index in [0.717, 1.165) is 16.8 Å². The lowest BCUT2D eigenvalue weighted by atomic mass is 10.1. The summed E-state index contributed by atoms with van der Waals surface area (Å²) in [7, 11) is 0. The molecule has 0 aliphatic heterocycles. The molecule has 2 aromatic rings. The number of hydrogen-bond acceptors (Lipinski definition) is 2. The van der Waals surface area contributed by atoms with Crippen LogP contribution < -0.4 is 11.1 Å². The first-order valence-corrected chi connectivity index (χ1v) is 6.71. The molecule has 0 unspecified atom stereocenters. The molecule has 2 aromatic carbocycles. The molecule has 20 heavy (non-hydrogen) atoms. The van der Waals surface area contributed by atoms with Gasteiger partial charge in [0, 0.05) is 11.3 Å². The van der Waals surface area contributed by atoms with Crippen molar-refractivity contribution >= 4 is 28.8 Å². The lowest BCUT2D eigenvalue weighted by Gasteiger charge is -2.06. The molecular weight excluding hydrogens is 268 g/mol. The molecular formula is C16H16N2OS. The smallest absolute Gasteiger partial charge is 0.228 e. The van der Waals surface area contributed by atoms with Gasteiger partial charge in [0.15, 0.2) is 0 Å². The SMILES string of the molecule is Cc1ccc(CC(=O)Nc2ccc(C(N)=S)cc2)cc1. The Morgan fingerprint density at radius 2 is 1.70 bits per heavy atom. The van der Waals surface area contributed by atoms with E-state index in [4.69, 9.17) is 18.0 Å². The third-order valence-electron chi connectivity index (χ3n) is 2.94. The zero-order valence-corrected chi connectivity index (χ0v) is 12.0. The van der Waals surface area contributed by atoms with Gasteiger partial charge in [-0.15, -0.1) is 0 Å². The molecule has 0 aliphatic rings. The van der Waals surface area contributed by atoms with Crippen LogP contribution in [-0.2, 0) is 11.2 Å². The number of anilines is 1. The van der Waals surface area contributed by atoms with Gasteiger partial charge in [-0.3, -0.25) is 4.79 Å². The molecule has 0 heterocycles. The first-order valence-electron chi connectivity index (χ1n) is 6.30. The van der Waals surface area contributed by atoms with Gasteiger partial charge < -0.3 is 11.1 Å². The molecule has 2 rings (SSSR count). The first-order chi connectivity index (χ1) is 9.54. The maximum absolute atomic E-state index is 11.9. The van der Waals surface area contributed by atoms with Crippen LogP contribution in [-0.4, -0.2) is 10.9 Å². The minimum atomic E-state index is -0.0445. The maximum Gasteiger partial charge on any atom is 0.228 e. The number of nitrogens with two attached hydrogens (primary N) is 1. The van der Waals surface area contributed by atoms with Crippen LogP contribution >= 0.6 is 12.2 Å².